The Morgan fingerprint density at radius 3 is 2.95 bits per heavy atom. The summed E-state index contributed by atoms with van der Waals surface area (Å²) in [4.78, 5) is 0. The van der Waals surface area contributed by atoms with Crippen LogP contribution in [-0.2, 0) is 24.0 Å². The number of aryl methyl sites for hydroxylation is 2. The summed E-state index contributed by atoms with van der Waals surface area (Å²) in [6, 6.07) is 7.15. The smallest absolute Gasteiger partial charge is 0.0538 e. The van der Waals surface area contributed by atoms with E-state index in [1.807, 2.05) is 0 Å². The number of rotatable bonds is 5. The zero-order chi connectivity index (χ0) is 13.1. The molecule has 0 radical (unpaired) electrons. The van der Waals surface area contributed by atoms with Crippen molar-refractivity contribution in [3.8, 4) is 0 Å². The minimum Gasteiger partial charge on any atom is -0.381 e. The summed E-state index contributed by atoms with van der Waals surface area (Å²) in [7, 11) is 0. The minimum atomic E-state index is 0.322. The van der Waals surface area contributed by atoms with E-state index < -0.39 is 0 Å². The van der Waals surface area contributed by atoms with Crippen LogP contribution in [0.4, 0.5) is 0 Å². The normalized spacial score (nSPS) is 25.7. The van der Waals surface area contributed by atoms with Gasteiger partial charge < -0.3 is 10.1 Å². The lowest BCUT2D eigenvalue weighted by Gasteiger charge is -2.28. The van der Waals surface area contributed by atoms with E-state index in [9.17, 15) is 0 Å². The highest BCUT2D eigenvalue weighted by molar-refractivity contribution is 5.35. The molecule has 19 heavy (non-hydrogen) atoms. The zero-order valence-corrected chi connectivity index (χ0v) is 12.0. The van der Waals surface area contributed by atoms with E-state index in [2.05, 4.69) is 30.4 Å². The fourth-order valence-electron chi connectivity index (χ4n) is 3.55. The maximum atomic E-state index is 5.68. The summed E-state index contributed by atoms with van der Waals surface area (Å²) >= 11 is 0. The molecule has 0 aromatic heterocycles. The molecular weight excluding hydrogens is 234 g/mol. The number of hydrogen-bond donors (Lipinski definition) is 1. The quantitative estimate of drug-likeness (QED) is 0.878. The van der Waals surface area contributed by atoms with Gasteiger partial charge in [-0.2, -0.15) is 0 Å². The van der Waals surface area contributed by atoms with Gasteiger partial charge in [-0.25, -0.2) is 0 Å². The van der Waals surface area contributed by atoms with E-state index in [-0.39, 0.29) is 0 Å². The van der Waals surface area contributed by atoms with Crippen molar-refractivity contribution in [2.75, 3.05) is 26.3 Å². The van der Waals surface area contributed by atoms with Crippen molar-refractivity contribution in [2.24, 2.45) is 5.41 Å². The molecule has 0 saturated carbocycles. The second-order valence-electron chi connectivity index (χ2n) is 6.22. The van der Waals surface area contributed by atoms with Crippen molar-refractivity contribution in [1.29, 1.82) is 0 Å². The van der Waals surface area contributed by atoms with Crippen molar-refractivity contribution >= 4 is 0 Å². The molecule has 0 spiro atoms. The molecule has 2 heteroatoms. The van der Waals surface area contributed by atoms with Crippen LogP contribution in [0.25, 0.3) is 0 Å². The Kier molecular flexibility index (Phi) is 3.90. The van der Waals surface area contributed by atoms with Gasteiger partial charge in [-0.05, 0) is 55.3 Å². The van der Waals surface area contributed by atoms with Crippen LogP contribution < -0.4 is 5.32 Å². The van der Waals surface area contributed by atoms with Crippen LogP contribution >= 0.6 is 0 Å². The Morgan fingerprint density at radius 2 is 2.16 bits per heavy atom. The molecule has 1 aromatic rings. The van der Waals surface area contributed by atoms with Gasteiger partial charge in [0, 0.05) is 18.6 Å². The number of benzene rings is 1. The first kappa shape index (κ1) is 13.1. The van der Waals surface area contributed by atoms with Crippen LogP contribution in [-0.4, -0.2) is 26.3 Å². The molecular formula is C17H25NO. The molecule has 0 bridgehead atoms. The average molecular weight is 259 g/mol. The van der Waals surface area contributed by atoms with Crippen LogP contribution in [0.1, 0.15) is 36.5 Å². The molecule has 1 aliphatic heterocycles. The summed E-state index contributed by atoms with van der Waals surface area (Å²) in [5, 5.41) is 3.52. The second kappa shape index (κ2) is 5.64. The molecule has 1 aliphatic carbocycles. The second-order valence-corrected chi connectivity index (χ2v) is 6.22. The lowest BCUT2D eigenvalue weighted by Crippen LogP contribution is -2.36. The van der Waals surface area contributed by atoms with E-state index in [1.54, 1.807) is 11.1 Å². The van der Waals surface area contributed by atoms with Crippen molar-refractivity contribution < 1.29 is 4.74 Å². The van der Waals surface area contributed by atoms with Crippen LogP contribution in [0, 0.1) is 5.41 Å². The fraction of sp³-hybridized carbons (Fsp3) is 0.647. The third-order valence-electron chi connectivity index (χ3n) is 4.68. The Balaban J connectivity index is 1.74. The van der Waals surface area contributed by atoms with Crippen LogP contribution in [0.15, 0.2) is 18.2 Å². The van der Waals surface area contributed by atoms with E-state index in [0.29, 0.717) is 5.41 Å². The lowest BCUT2D eigenvalue weighted by molar-refractivity contribution is 0.149. The van der Waals surface area contributed by atoms with Crippen LogP contribution in [0.5, 0.6) is 0 Å². The van der Waals surface area contributed by atoms with Gasteiger partial charge in [0.1, 0.15) is 0 Å². The molecule has 1 aromatic carbocycles. The Hall–Kier alpha value is -0.860. The number of hydrogen-bond acceptors (Lipinski definition) is 2. The van der Waals surface area contributed by atoms with Gasteiger partial charge in [-0.3, -0.25) is 0 Å². The van der Waals surface area contributed by atoms with Crippen LogP contribution in [0.3, 0.4) is 0 Å². The van der Waals surface area contributed by atoms with Gasteiger partial charge >= 0.3 is 0 Å². The van der Waals surface area contributed by atoms with Crippen molar-refractivity contribution in [1.82, 2.24) is 5.32 Å². The summed E-state index contributed by atoms with van der Waals surface area (Å²) in [6.07, 6.45) is 6.25. The summed E-state index contributed by atoms with van der Waals surface area (Å²) in [5.74, 6) is 0. The molecule has 3 rings (SSSR count). The maximum Gasteiger partial charge on any atom is 0.0538 e. The predicted octanol–water partition coefficient (Wildman–Crippen LogP) is 2.73. The lowest BCUT2D eigenvalue weighted by atomic mass is 9.80. The van der Waals surface area contributed by atoms with Gasteiger partial charge in [-0.15, -0.1) is 0 Å². The van der Waals surface area contributed by atoms with E-state index in [1.165, 1.54) is 31.2 Å². The zero-order valence-electron chi connectivity index (χ0n) is 12.0. The molecule has 1 unspecified atom stereocenters. The molecule has 1 heterocycles. The molecule has 104 valence electrons. The van der Waals surface area contributed by atoms with Gasteiger partial charge in [0.25, 0.3) is 0 Å². The number of ether oxygens (including phenoxy) is 1. The largest absolute Gasteiger partial charge is 0.381 e. The fourth-order valence-corrected chi connectivity index (χ4v) is 3.55. The summed E-state index contributed by atoms with van der Waals surface area (Å²) in [6.45, 7) is 6.15. The van der Waals surface area contributed by atoms with Gasteiger partial charge in [0.15, 0.2) is 0 Å². The maximum absolute atomic E-state index is 5.68. The average Bonchev–Trinajstić information content (AvgIpc) is 3.05. The first-order valence-corrected chi connectivity index (χ1v) is 7.70. The number of nitrogens with one attached hydrogen (secondary N) is 1. The first-order valence-electron chi connectivity index (χ1n) is 7.70. The molecule has 1 fully saturated rings. The topological polar surface area (TPSA) is 21.3 Å². The van der Waals surface area contributed by atoms with Crippen LogP contribution in [0.2, 0.25) is 0 Å². The van der Waals surface area contributed by atoms with E-state index >= 15 is 0 Å². The SMILES string of the molecule is CCNCC1(Cc2ccc3c(c2)CCC3)CCOC1. The highest BCUT2D eigenvalue weighted by Gasteiger charge is 2.34. The Labute approximate surface area is 116 Å². The third-order valence-corrected chi connectivity index (χ3v) is 4.68. The molecule has 0 amide bonds. The highest BCUT2D eigenvalue weighted by atomic mass is 16.5. The molecule has 1 N–H and O–H groups in total. The van der Waals surface area contributed by atoms with Gasteiger partial charge in [0.05, 0.1) is 6.61 Å². The molecule has 1 saturated heterocycles. The summed E-state index contributed by atoms with van der Waals surface area (Å²) in [5.41, 5.74) is 4.99. The van der Waals surface area contributed by atoms with E-state index in [0.717, 1.165) is 32.7 Å². The molecule has 2 nitrogen and oxygen atoms in total. The Bertz CT molecular complexity index is 435. The summed E-state index contributed by atoms with van der Waals surface area (Å²) < 4.78 is 5.68. The predicted molar refractivity (Wildman–Crippen MR) is 78.6 cm³/mol. The minimum absolute atomic E-state index is 0.322. The molecule has 2 aliphatic rings. The van der Waals surface area contributed by atoms with Crippen molar-refractivity contribution in [2.45, 2.75) is 39.0 Å². The third kappa shape index (κ3) is 2.85. The number of fused-ring (bicyclic) bond motifs is 1. The first-order chi connectivity index (χ1) is 9.31. The van der Waals surface area contributed by atoms with Gasteiger partial charge in [-0.1, -0.05) is 25.1 Å². The van der Waals surface area contributed by atoms with Gasteiger partial charge in [0.2, 0.25) is 0 Å². The Morgan fingerprint density at radius 1 is 1.26 bits per heavy atom. The monoisotopic (exact) mass is 259 g/mol. The van der Waals surface area contributed by atoms with Crippen molar-refractivity contribution in [3.63, 3.8) is 0 Å². The standard InChI is InChI=1S/C17H25NO/c1-2-18-12-17(8-9-19-13-17)11-14-6-7-15-4-3-5-16(15)10-14/h6-7,10,18H,2-5,8-9,11-13H2,1H3. The van der Waals surface area contributed by atoms with Crippen molar-refractivity contribution in [3.05, 3.63) is 34.9 Å². The highest BCUT2D eigenvalue weighted by Crippen LogP contribution is 2.33. The van der Waals surface area contributed by atoms with E-state index in [4.69, 9.17) is 4.74 Å². The molecule has 1 atom stereocenters.